The monoisotopic (exact) mass is 504 g/mol. The number of ether oxygens (including phenoxy) is 2. The van der Waals surface area contributed by atoms with Gasteiger partial charge in [-0.25, -0.2) is 4.79 Å². The molecule has 0 aliphatic carbocycles. The van der Waals surface area contributed by atoms with Crippen molar-refractivity contribution in [3.05, 3.63) is 92.0 Å². The van der Waals surface area contributed by atoms with Crippen molar-refractivity contribution in [3.8, 4) is 11.5 Å². The van der Waals surface area contributed by atoms with E-state index in [1.807, 2.05) is 0 Å². The van der Waals surface area contributed by atoms with Crippen molar-refractivity contribution < 1.29 is 29.1 Å². The largest absolute Gasteiger partial charge is 0.506 e. The number of esters is 1. The molecule has 0 spiro atoms. The number of benzene rings is 3. The summed E-state index contributed by atoms with van der Waals surface area (Å²) in [5, 5.41) is 21.7. The normalized spacial score (nSPS) is 11.4. The molecule has 3 aromatic carbocycles. The summed E-state index contributed by atoms with van der Waals surface area (Å²) >= 11 is 12.1. The molecule has 9 nitrogen and oxygen atoms in total. The lowest BCUT2D eigenvalue weighted by Gasteiger charge is -2.31. The van der Waals surface area contributed by atoms with Crippen molar-refractivity contribution in [2.24, 2.45) is 0 Å². The smallest absolute Gasteiger partial charge is 0.333 e. The zero-order valence-electron chi connectivity index (χ0n) is 17.9. The van der Waals surface area contributed by atoms with Crippen LogP contribution in [0.5, 0.6) is 11.5 Å². The van der Waals surface area contributed by atoms with E-state index in [9.17, 15) is 24.8 Å². The Kier molecular flexibility index (Phi) is 7.60. The second kappa shape index (κ2) is 10.4. The average Bonchev–Trinajstić information content (AvgIpc) is 2.84. The van der Waals surface area contributed by atoms with Gasteiger partial charge < -0.3 is 14.6 Å². The van der Waals surface area contributed by atoms with Crippen LogP contribution in [0.4, 0.5) is 11.4 Å². The van der Waals surface area contributed by atoms with Crippen molar-refractivity contribution >= 4 is 46.5 Å². The molecule has 0 bridgehead atoms. The van der Waals surface area contributed by atoms with Gasteiger partial charge in [0, 0.05) is 23.8 Å². The molecular weight excluding hydrogens is 487 g/mol. The molecule has 0 radical (unpaired) electrons. The van der Waals surface area contributed by atoms with Crippen LogP contribution in [-0.4, -0.2) is 36.1 Å². The van der Waals surface area contributed by atoms with Crippen LogP contribution in [0.1, 0.15) is 22.0 Å². The minimum Gasteiger partial charge on any atom is -0.506 e. The molecule has 0 fully saturated rings. The third-order valence-corrected chi connectivity index (χ3v) is 5.66. The number of carbonyl (C=O) groups excluding carboxylic acids is 2. The first-order valence-corrected chi connectivity index (χ1v) is 10.4. The molecule has 11 heteroatoms. The van der Waals surface area contributed by atoms with Crippen LogP contribution in [0.15, 0.2) is 60.7 Å². The van der Waals surface area contributed by atoms with Crippen LogP contribution in [0.25, 0.3) is 0 Å². The molecule has 1 atom stereocenters. The van der Waals surface area contributed by atoms with Gasteiger partial charge in [-0.1, -0.05) is 35.3 Å². The highest BCUT2D eigenvalue weighted by molar-refractivity contribution is 6.42. The summed E-state index contributed by atoms with van der Waals surface area (Å²) in [6.45, 7) is 0. The van der Waals surface area contributed by atoms with Crippen molar-refractivity contribution in [1.82, 2.24) is 0 Å². The van der Waals surface area contributed by atoms with Gasteiger partial charge in [0.1, 0.15) is 11.5 Å². The highest BCUT2D eigenvalue weighted by Crippen LogP contribution is 2.41. The third kappa shape index (κ3) is 5.05. The number of phenols is 1. The number of anilines is 1. The minimum absolute atomic E-state index is 0.0125. The predicted molar refractivity (Wildman–Crippen MR) is 126 cm³/mol. The van der Waals surface area contributed by atoms with Gasteiger partial charge in [-0.3, -0.25) is 19.8 Å². The maximum atomic E-state index is 13.7. The number of aromatic hydroxyl groups is 1. The molecule has 34 heavy (non-hydrogen) atoms. The Morgan fingerprint density at radius 1 is 1.00 bits per heavy atom. The Hall–Kier alpha value is -3.82. The first-order valence-electron chi connectivity index (χ1n) is 9.65. The topological polar surface area (TPSA) is 119 Å². The molecule has 0 aromatic heterocycles. The molecule has 1 amide bonds. The van der Waals surface area contributed by atoms with E-state index in [1.165, 1.54) is 25.3 Å². The van der Waals surface area contributed by atoms with Gasteiger partial charge in [0.05, 0.1) is 34.9 Å². The fourth-order valence-corrected chi connectivity index (χ4v) is 3.55. The van der Waals surface area contributed by atoms with E-state index in [0.29, 0.717) is 11.3 Å². The van der Waals surface area contributed by atoms with E-state index in [-0.39, 0.29) is 27.0 Å². The number of non-ortho nitro benzene ring substituents is 1. The van der Waals surface area contributed by atoms with Crippen molar-refractivity contribution in [1.29, 1.82) is 0 Å². The summed E-state index contributed by atoms with van der Waals surface area (Å²) in [6.07, 6.45) is 0. The molecule has 0 heterocycles. The van der Waals surface area contributed by atoms with Gasteiger partial charge in [0.25, 0.3) is 11.6 Å². The first-order chi connectivity index (χ1) is 16.2. The minimum atomic E-state index is -1.36. The Bertz CT molecular complexity index is 1230. The number of carbonyl (C=O) groups is 2. The number of hydrogen-bond donors (Lipinski definition) is 1. The Balaban J connectivity index is 2.23. The van der Waals surface area contributed by atoms with Crippen LogP contribution in [0.3, 0.4) is 0 Å². The summed E-state index contributed by atoms with van der Waals surface area (Å²) in [7, 11) is 2.63. The van der Waals surface area contributed by atoms with Crippen molar-refractivity contribution in [2.75, 3.05) is 19.1 Å². The Morgan fingerprint density at radius 3 is 2.12 bits per heavy atom. The highest BCUT2D eigenvalue weighted by Gasteiger charge is 2.36. The molecule has 0 saturated carbocycles. The summed E-state index contributed by atoms with van der Waals surface area (Å²) in [5.74, 6) is -1.48. The lowest BCUT2D eigenvalue weighted by atomic mass is 10.0. The number of hydrogen-bond acceptors (Lipinski definition) is 7. The fraction of sp³-hybridized carbons (Fsp3) is 0.130. The zero-order chi connectivity index (χ0) is 25.0. The highest BCUT2D eigenvalue weighted by atomic mass is 35.5. The van der Waals surface area contributed by atoms with E-state index in [2.05, 4.69) is 0 Å². The van der Waals surface area contributed by atoms with E-state index < -0.39 is 28.6 Å². The van der Waals surface area contributed by atoms with Crippen LogP contribution >= 0.6 is 23.2 Å². The van der Waals surface area contributed by atoms with E-state index in [0.717, 1.165) is 30.2 Å². The van der Waals surface area contributed by atoms with Crippen molar-refractivity contribution in [2.45, 2.75) is 6.04 Å². The second-order valence-electron chi connectivity index (χ2n) is 6.93. The van der Waals surface area contributed by atoms with Crippen LogP contribution in [0.2, 0.25) is 10.0 Å². The third-order valence-electron chi connectivity index (χ3n) is 4.94. The van der Waals surface area contributed by atoms with Crippen LogP contribution < -0.4 is 9.64 Å². The van der Waals surface area contributed by atoms with Gasteiger partial charge in [-0.2, -0.15) is 0 Å². The molecule has 0 saturated heterocycles. The molecule has 0 aliphatic rings. The molecule has 3 rings (SSSR count). The summed E-state index contributed by atoms with van der Waals surface area (Å²) in [5.41, 5.74) is 0.0102. The fourth-order valence-electron chi connectivity index (χ4n) is 3.24. The van der Waals surface area contributed by atoms with Gasteiger partial charge in [0.15, 0.2) is 6.04 Å². The molecule has 1 N–H and O–H groups in total. The summed E-state index contributed by atoms with van der Waals surface area (Å²) in [6, 6.07) is 12.1. The molecule has 3 aromatic rings. The zero-order valence-corrected chi connectivity index (χ0v) is 19.4. The first kappa shape index (κ1) is 24.8. The molecule has 0 aliphatic heterocycles. The molecular formula is C23H18Cl2N2O7. The van der Waals surface area contributed by atoms with E-state index >= 15 is 0 Å². The maximum absolute atomic E-state index is 13.7. The van der Waals surface area contributed by atoms with E-state index in [1.54, 1.807) is 24.3 Å². The Labute approximate surface area is 204 Å². The standard InChI is InChI=1S/C23H18Cl2N2O7/c1-33-16-9-5-13(6-10-16)21(23(30)34-2)26(19-11-17(24)18(25)12-20(19)28)22(29)14-3-7-15(8-4-14)27(31)32/h3-12,21,28H,1-2H3/t21-/m1/s1. The van der Waals surface area contributed by atoms with Crippen molar-refractivity contribution in [3.63, 3.8) is 0 Å². The number of rotatable bonds is 7. The van der Waals surface area contributed by atoms with Gasteiger partial charge in [-0.15, -0.1) is 0 Å². The summed E-state index contributed by atoms with van der Waals surface area (Å²) in [4.78, 5) is 38.0. The maximum Gasteiger partial charge on any atom is 0.333 e. The van der Waals surface area contributed by atoms with E-state index in [4.69, 9.17) is 32.7 Å². The molecule has 0 unspecified atom stereocenters. The number of phenolic OH excluding ortho intramolecular Hbond substituents is 1. The second-order valence-corrected chi connectivity index (χ2v) is 7.75. The van der Waals surface area contributed by atoms with Gasteiger partial charge in [-0.05, 0) is 35.9 Å². The number of methoxy groups -OCH3 is 2. The average molecular weight is 505 g/mol. The number of nitrogens with zero attached hydrogens (tertiary/aromatic N) is 2. The molecule has 176 valence electrons. The lowest BCUT2D eigenvalue weighted by molar-refractivity contribution is -0.384. The van der Waals surface area contributed by atoms with Crippen LogP contribution in [-0.2, 0) is 9.53 Å². The number of halogens is 2. The van der Waals surface area contributed by atoms with Gasteiger partial charge in [0.2, 0.25) is 0 Å². The quantitative estimate of drug-likeness (QED) is 0.267. The predicted octanol–water partition coefficient (Wildman–Crippen LogP) is 5.18. The van der Waals surface area contributed by atoms with Gasteiger partial charge >= 0.3 is 5.97 Å². The summed E-state index contributed by atoms with van der Waals surface area (Å²) < 4.78 is 10.1. The SMILES string of the molecule is COC(=O)[C@@H](c1ccc(OC)cc1)N(C(=O)c1ccc([N+](=O)[O-])cc1)c1cc(Cl)c(Cl)cc1O. The lowest BCUT2D eigenvalue weighted by Crippen LogP contribution is -2.40. The Morgan fingerprint density at radius 2 is 1.59 bits per heavy atom. The number of amides is 1. The number of nitro benzene ring substituents is 1. The number of nitro groups is 1. The van der Waals surface area contributed by atoms with Crippen LogP contribution in [0, 0.1) is 10.1 Å².